The zero-order valence-corrected chi connectivity index (χ0v) is 13.6. The molecule has 3 aliphatic rings. The minimum atomic E-state index is -0.478. The molecule has 2 saturated carbocycles. The molecule has 0 radical (unpaired) electrons. The molecule has 4 heteroatoms. The molecule has 2 aliphatic carbocycles. The molecule has 1 heterocycles. The van der Waals surface area contributed by atoms with Gasteiger partial charge in [-0.3, -0.25) is 4.90 Å². The van der Waals surface area contributed by atoms with E-state index in [4.69, 9.17) is 4.74 Å². The quantitative estimate of drug-likeness (QED) is 0.789. The number of fused-ring (bicyclic) bond motifs is 1. The maximum atomic E-state index is 12.5. The van der Waals surface area contributed by atoms with Gasteiger partial charge in [0.05, 0.1) is 7.11 Å². The van der Waals surface area contributed by atoms with Gasteiger partial charge in [-0.2, -0.15) is 0 Å². The summed E-state index contributed by atoms with van der Waals surface area (Å²) >= 11 is 0. The SMILES string of the molecule is CNC(CN1CCC[C@H]2CCCC[C@H]21)(C(=O)OC)C1CC1. The molecule has 3 atom stereocenters. The van der Waals surface area contributed by atoms with E-state index < -0.39 is 5.54 Å². The van der Waals surface area contributed by atoms with E-state index in [2.05, 4.69) is 10.2 Å². The fourth-order valence-electron chi connectivity index (χ4n) is 4.75. The number of rotatable bonds is 5. The molecule has 1 unspecified atom stereocenters. The predicted molar refractivity (Wildman–Crippen MR) is 83.1 cm³/mol. The summed E-state index contributed by atoms with van der Waals surface area (Å²) in [5, 5.41) is 3.35. The van der Waals surface area contributed by atoms with Crippen LogP contribution in [-0.2, 0) is 9.53 Å². The van der Waals surface area contributed by atoms with Crippen molar-refractivity contribution >= 4 is 5.97 Å². The van der Waals surface area contributed by atoms with Crippen molar-refractivity contribution in [3.8, 4) is 0 Å². The first-order chi connectivity index (χ1) is 10.2. The van der Waals surface area contributed by atoms with Gasteiger partial charge in [-0.1, -0.05) is 12.8 Å². The number of methoxy groups -OCH3 is 1. The maximum Gasteiger partial charge on any atom is 0.327 e. The number of carbonyl (C=O) groups excluding carboxylic acids is 1. The first-order valence-electron chi connectivity index (χ1n) is 8.72. The standard InChI is InChI=1S/C17H30N2O2/c1-18-17(14-9-10-14,16(20)21-2)12-19-11-5-7-13-6-3-4-8-15(13)19/h13-15,18H,3-12H2,1-2H3/t13-,15-,17?/m1/s1. The highest BCUT2D eigenvalue weighted by Crippen LogP contribution is 2.43. The Balaban J connectivity index is 1.76. The van der Waals surface area contributed by atoms with Gasteiger partial charge in [0.25, 0.3) is 0 Å². The number of piperidine rings is 1. The van der Waals surface area contributed by atoms with Gasteiger partial charge in [-0.05, 0) is 64.0 Å². The smallest absolute Gasteiger partial charge is 0.327 e. The van der Waals surface area contributed by atoms with Gasteiger partial charge >= 0.3 is 5.97 Å². The van der Waals surface area contributed by atoms with E-state index in [-0.39, 0.29) is 5.97 Å². The molecule has 120 valence electrons. The Morgan fingerprint density at radius 3 is 2.57 bits per heavy atom. The zero-order chi connectivity index (χ0) is 14.9. The summed E-state index contributed by atoms with van der Waals surface area (Å²) in [6.45, 7) is 1.98. The van der Waals surface area contributed by atoms with Crippen LogP contribution >= 0.6 is 0 Å². The van der Waals surface area contributed by atoms with Gasteiger partial charge in [-0.15, -0.1) is 0 Å². The molecule has 1 N–H and O–H groups in total. The van der Waals surface area contributed by atoms with E-state index in [1.807, 2.05) is 7.05 Å². The van der Waals surface area contributed by atoms with Gasteiger partial charge in [0.15, 0.2) is 0 Å². The number of ether oxygens (including phenoxy) is 1. The lowest BCUT2D eigenvalue weighted by molar-refractivity contribution is -0.151. The third-order valence-corrected chi connectivity index (χ3v) is 6.08. The van der Waals surface area contributed by atoms with E-state index in [0.29, 0.717) is 12.0 Å². The summed E-state index contributed by atoms with van der Waals surface area (Å²) in [7, 11) is 3.45. The van der Waals surface area contributed by atoms with Crippen LogP contribution in [0.25, 0.3) is 0 Å². The van der Waals surface area contributed by atoms with Gasteiger partial charge in [0, 0.05) is 12.6 Å². The van der Waals surface area contributed by atoms with Crippen LogP contribution in [0.5, 0.6) is 0 Å². The molecule has 0 aromatic rings. The molecule has 0 aromatic carbocycles. The predicted octanol–water partition coefficient (Wildman–Crippen LogP) is 2.18. The molecule has 21 heavy (non-hydrogen) atoms. The van der Waals surface area contributed by atoms with Crippen LogP contribution in [0, 0.1) is 11.8 Å². The number of likely N-dealkylation sites (tertiary alicyclic amines) is 1. The number of nitrogens with one attached hydrogen (secondary N) is 1. The van der Waals surface area contributed by atoms with Crippen molar-refractivity contribution in [2.45, 2.75) is 62.9 Å². The van der Waals surface area contributed by atoms with Crippen LogP contribution in [0.3, 0.4) is 0 Å². The van der Waals surface area contributed by atoms with Crippen LogP contribution < -0.4 is 5.32 Å². The van der Waals surface area contributed by atoms with Gasteiger partial charge in [0.1, 0.15) is 5.54 Å². The third kappa shape index (κ3) is 2.85. The second-order valence-corrected chi connectivity index (χ2v) is 7.21. The summed E-state index contributed by atoms with van der Waals surface area (Å²) in [4.78, 5) is 15.1. The molecule has 4 nitrogen and oxygen atoms in total. The Morgan fingerprint density at radius 1 is 1.19 bits per heavy atom. The monoisotopic (exact) mass is 294 g/mol. The first kappa shape index (κ1) is 15.3. The normalized spacial score (nSPS) is 33.0. The Bertz CT molecular complexity index is 381. The van der Waals surface area contributed by atoms with Crippen molar-refractivity contribution in [1.29, 1.82) is 0 Å². The number of esters is 1. The minimum absolute atomic E-state index is 0.0644. The highest BCUT2D eigenvalue weighted by atomic mass is 16.5. The van der Waals surface area contributed by atoms with Crippen molar-refractivity contribution < 1.29 is 9.53 Å². The molecule has 1 saturated heterocycles. The largest absolute Gasteiger partial charge is 0.468 e. The van der Waals surface area contributed by atoms with E-state index in [0.717, 1.165) is 31.8 Å². The summed E-state index contributed by atoms with van der Waals surface area (Å²) in [5.74, 6) is 1.25. The third-order valence-electron chi connectivity index (χ3n) is 6.08. The van der Waals surface area contributed by atoms with Crippen molar-refractivity contribution in [3.63, 3.8) is 0 Å². The van der Waals surface area contributed by atoms with Crippen molar-refractivity contribution in [1.82, 2.24) is 10.2 Å². The Labute approximate surface area is 128 Å². The zero-order valence-electron chi connectivity index (χ0n) is 13.6. The molecule has 1 aliphatic heterocycles. The molecule has 3 rings (SSSR count). The summed E-state index contributed by atoms with van der Waals surface area (Å²) in [6, 6.07) is 0.698. The van der Waals surface area contributed by atoms with E-state index in [9.17, 15) is 4.79 Å². The Kier molecular flexibility index (Phi) is 4.55. The minimum Gasteiger partial charge on any atom is -0.468 e. The maximum absolute atomic E-state index is 12.5. The second kappa shape index (κ2) is 6.25. The van der Waals surface area contributed by atoms with Crippen LogP contribution in [0.15, 0.2) is 0 Å². The van der Waals surface area contributed by atoms with Crippen LogP contribution in [0.4, 0.5) is 0 Å². The number of hydrogen-bond donors (Lipinski definition) is 1. The van der Waals surface area contributed by atoms with Gasteiger partial charge in [0.2, 0.25) is 0 Å². The summed E-state index contributed by atoms with van der Waals surface area (Å²) < 4.78 is 5.16. The average Bonchev–Trinajstić information content (AvgIpc) is 3.37. The molecular formula is C17H30N2O2. The number of nitrogens with zero attached hydrogens (tertiary/aromatic N) is 1. The average molecular weight is 294 g/mol. The highest BCUT2D eigenvalue weighted by Gasteiger charge is 2.53. The first-order valence-corrected chi connectivity index (χ1v) is 8.72. The van der Waals surface area contributed by atoms with Crippen molar-refractivity contribution in [3.05, 3.63) is 0 Å². The number of hydrogen-bond acceptors (Lipinski definition) is 4. The lowest BCUT2D eigenvalue weighted by Gasteiger charge is -2.47. The molecule has 0 spiro atoms. The van der Waals surface area contributed by atoms with Crippen LogP contribution in [-0.4, -0.2) is 49.7 Å². The lowest BCUT2D eigenvalue weighted by Crippen LogP contribution is -2.63. The van der Waals surface area contributed by atoms with E-state index >= 15 is 0 Å². The van der Waals surface area contributed by atoms with Gasteiger partial charge < -0.3 is 10.1 Å². The van der Waals surface area contributed by atoms with Gasteiger partial charge in [-0.25, -0.2) is 4.79 Å². The van der Waals surface area contributed by atoms with Crippen LogP contribution in [0.2, 0.25) is 0 Å². The van der Waals surface area contributed by atoms with E-state index in [1.54, 1.807) is 0 Å². The molecule has 3 fully saturated rings. The van der Waals surface area contributed by atoms with Crippen LogP contribution in [0.1, 0.15) is 51.4 Å². The van der Waals surface area contributed by atoms with Crippen molar-refractivity contribution in [2.24, 2.45) is 11.8 Å². The van der Waals surface area contributed by atoms with Crippen molar-refractivity contribution in [2.75, 3.05) is 27.2 Å². The fraction of sp³-hybridized carbons (Fsp3) is 0.941. The summed E-state index contributed by atoms with van der Waals surface area (Å²) in [5.41, 5.74) is -0.478. The molecule has 0 bridgehead atoms. The molecular weight excluding hydrogens is 264 g/mol. The number of carbonyl (C=O) groups is 1. The second-order valence-electron chi connectivity index (χ2n) is 7.21. The lowest BCUT2D eigenvalue weighted by atomic mass is 9.77. The number of likely N-dealkylation sites (N-methyl/N-ethyl adjacent to an activating group) is 1. The summed E-state index contributed by atoms with van der Waals surface area (Å²) in [6.07, 6.45) is 10.4. The highest BCUT2D eigenvalue weighted by molar-refractivity contribution is 5.82. The van der Waals surface area contributed by atoms with E-state index in [1.165, 1.54) is 45.6 Å². The fourth-order valence-corrected chi connectivity index (χ4v) is 4.75. The Morgan fingerprint density at radius 2 is 1.90 bits per heavy atom. The molecule has 0 amide bonds. The topological polar surface area (TPSA) is 41.6 Å². The molecule has 0 aromatic heterocycles. The Hall–Kier alpha value is -0.610.